The van der Waals surface area contributed by atoms with Crippen LogP contribution in [0.4, 0.5) is 0 Å². The number of unbranched alkanes of at least 4 members (excludes halogenated alkanes) is 1. The van der Waals surface area contributed by atoms with Crippen LogP contribution in [0.3, 0.4) is 0 Å². The number of carbonyl (C=O) groups is 1. The van der Waals surface area contributed by atoms with Gasteiger partial charge < -0.3 is 9.47 Å². The number of para-hydroxylation sites is 1. The Labute approximate surface area is 119 Å². The molecule has 0 saturated heterocycles. The van der Waals surface area contributed by atoms with E-state index in [9.17, 15) is 4.79 Å². The molecule has 20 heavy (non-hydrogen) atoms. The third-order valence-electron chi connectivity index (χ3n) is 2.80. The second kappa shape index (κ2) is 7.34. The quantitative estimate of drug-likeness (QED) is 0.575. The van der Waals surface area contributed by atoms with Crippen LogP contribution in [0.25, 0.3) is 0 Å². The average Bonchev–Trinajstić information content (AvgIpc) is 2.49. The molecular formula is C17H18O3. The molecule has 0 aliphatic heterocycles. The van der Waals surface area contributed by atoms with E-state index in [1.807, 2.05) is 30.3 Å². The fourth-order valence-corrected chi connectivity index (χ4v) is 1.68. The Hall–Kier alpha value is -2.29. The molecule has 0 heterocycles. The first-order chi connectivity index (χ1) is 9.79. The van der Waals surface area contributed by atoms with Crippen molar-refractivity contribution in [1.82, 2.24) is 0 Å². The first-order valence-corrected chi connectivity index (χ1v) is 6.79. The van der Waals surface area contributed by atoms with E-state index in [1.54, 1.807) is 24.3 Å². The van der Waals surface area contributed by atoms with Crippen LogP contribution in [0.15, 0.2) is 54.6 Å². The van der Waals surface area contributed by atoms with Gasteiger partial charge in [0.25, 0.3) is 0 Å². The molecule has 0 N–H and O–H groups in total. The zero-order valence-corrected chi connectivity index (χ0v) is 11.5. The van der Waals surface area contributed by atoms with Gasteiger partial charge in [-0.1, -0.05) is 31.5 Å². The molecule has 0 saturated carbocycles. The summed E-state index contributed by atoms with van der Waals surface area (Å²) in [6.07, 6.45) is 1.90. The van der Waals surface area contributed by atoms with E-state index < -0.39 is 0 Å². The molecule has 3 heteroatoms. The van der Waals surface area contributed by atoms with E-state index in [4.69, 9.17) is 9.47 Å². The molecule has 0 unspecified atom stereocenters. The van der Waals surface area contributed by atoms with Crippen LogP contribution in [-0.2, 0) is 4.74 Å². The minimum Gasteiger partial charge on any atom is -0.462 e. The van der Waals surface area contributed by atoms with Crippen molar-refractivity contribution in [1.29, 1.82) is 0 Å². The van der Waals surface area contributed by atoms with Gasteiger partial charge in [-0.05, 0) is 42.8 Å². The fourth-order valence-electron chi connectivity index (χ4n) is 1.68. The van der Waals surface area contributed by atoms with Gasteiger partial charge in [-0.2, -0.15) is 0 Å². The second-order valence-electron chi connectivity index (χ2n) is 4.43. The Kier molecular flexibility index (Phi) is 5.18. The molecule has 0 spiro atoms. The first kappa shape index (κ1) is 14.1. The summed E-state index contributed by atoms with van der Waals surface area (Å²) in [6, 6.07) is 16.5. The standard InChI is InChI=1S/C17H18O3/c1-2-3-13-19-17(18)14-9-11-16(12-10-14)20-15-7-5-4-6-8-15/h4-12H,2-3,13H2,1H3. The summed E-state index contributed by atoms with van der Waals surface area (Å²) in [5.41, 5.74) is 0.543. The lowest BCUT2D eigenvalue weighted by Gasteiger charge is -2.07. The summed E-state index contributed by atoms with van der Waals surface area (Å²) in [7, 11) is 0. The molecular weight excluding hydrogens is 252 g/mol. The zero-order valence-electron chi connectivity index (χ0n) is 11.5. The van der Waals surface area contributed by atoms with E-state index in [0.29, 0.717) is 17.9 Å². The number of hydrogen-bond acceptors (Lipinski definition) is 3. The summed E-state index contributed by atoms with van der Waals surface area (Å²) in [5.74, 6) is 1.18. The lowest BCUT2D eigenvalue weighted by atomic mass is 10.2. The monoisotopic (exact) mass is 270 g/mol. The molecule has 0 aliphatic carbocycles. The minimum absolute atomic E-state index is 0.287. The van der Waals surface area contributed by atoms with E-state index >= 15 is 0 Å². The van der Waals surface area contributed by atoms with Crippen LogP contribution in [0, 0.1) is 0 Å². The lowest BCUT2D eigenvalue weighted by Crippen LogP contribution is -2.06. The van der Waals surface area contributed by atoms with Crippen LogP contribution < -0.4 is 4.74 Å². The van der Waals surface area contributed by atoms with E-state index in [0.717, 1.165) is 18.6 Å². The van der Waals surface area contributed by atoms with Gasteiger partial charge in [-0.15, -0.1) is 0 Å². The highest BCUT2D eigenvalue weighted by molar-refractivity contribution is 5.89. The maximum absolute atomic E-state index is 11.7. The number of benzene rings is 2. The topological polar surface area (TPSA) is 35.5 Å². The number of carbonyl (C=O) groups excluding carboxylic acids is 1. The van der Waals surface area contributed by atoms with Crippen LogP contribution in [0.1, 0.15) is 30.1 Å². The Morgan fingerprint density at radius 1 is 0.950 bits per heavy atom. The molecule has 2 aromatic rings. The van der Waals surface area contributed by atoms with Crippen LogP contribution in [-0.4, -0.2) is 12.6 Å². The summed E-state index contributed by atoms with van der Waals surface area (Å²) >= 11 is 0. The molecule has 0 radical (unpaired) electrons. The largest absolute Gasteiger partial charge is 0.462 e. The van der Waals surface area contributed by atoms with Crippen molar-refractivity contribution in [2.45, 2.75) is 19.8 Å². The van der Waals surface area contributed by atoms with Gasteiger partial charge in [0.15, 0.2) is 0 Å². The summed E-state index contributed by atoms with van der Waals surface area (Å²) in [5, 5.41) is 0. The molecule has 0 fully saturated rings. The Morgan fingerprint density at radius 2 is 1.60 bits per heavy atom. The van der Waals surface area contributed by atoms with Gasteiger partial charge >= 0.3 is 5.97 Å². The zero-order chi connectivity index (χ0) is 14.2. The Morgan fingerprint density at radius 3 is 2.25 bits per heavy atom. The van der Waals surface area contributed by atoms with Crippen molar-refractivity contribution >= 4 is 5.97 Å². The molecule has 0 amide bonds. The summed E-state index contributed by atoms with van der Waals surface area (Å²) < 4.78 is 10.8. The Balaban J connectivity index is 1.94. The molecule has 0 bridgehead atoms. The van der Waals surface area contributed by atoms with Gasteiger partial charge in [0.05, 0.1) is 12.2 Å². The first-order valence-electron chi connectivity index (χ1n) is 6.79. The third-order valence-corrected chi connectivity index (χ3v) is 2.80. The summed E-state index contributed by atoms with van der Waals surface area (Å²) in [6.45, 7) is 2.53. The molecule has 3 nitrogen and oxygen atoms in total. The maximum Gasteiger partial charge on any atom is 0.338 e. The van der Waals surface area contributed by atoms with Crippen molar-refractivity contribution in [2.24, 2.45) is 0 Å². The average molecular weight is 270 g/mol. The predicted octanol–water partition coefficient (Wildman–Crippen LogP) is 4.44. The SMILES string of the molecule is CCCCOC(=O)c1ccc(Oc2ccccc2)cc1. The fraction of sp³-hybridized carbons (Fsp3) is 0.235. The maximum atomic E-state index is 11.7. The second-order valence-corrected chi connectivity index (χ2v) is 4.43. The van der Waals surface area contributed by atoms with Crippen LogP contribution in [0.5, 0.6) is 11.5 Å². The highest BCUT2D eigenvalue weighted by Crippen LogP contribution is 2.21. The van der Waals surface area contributed by atoms with Gasteiger partial charge in [-0.3, -0.25) is 0 Å². The van der Waals surface area contributed by atoms with Gasteiger partial charge in [-0.25, -0.2) is 4.79 Å². The third kappa shape index (κ3) is 4.12. The highest BCUT2D eigenvalue weighted by atomic mass is 16.5. The van der Waals surface area contributed by atoms with Crippen molar-refractivity contribution in [3.63, 3.8) is 0 Å². The Bertz CT molecular complexity index is 532. The predicted molar refractivity (Wildman–Crippen MR) is 78.1 cm³/mol. The smallest absolute Gasteiger partial charge is 0.338 e. The van der Waals surface area contributed by atoms with Crippen molar-refractivity contribution < 1.29 is 14.3 Å². The number of esters is 1. The number of hydrogen-bond donors (Lipinski definition) is 0. The molecule has 0 atom stereocenters. The van der Waals surface area contributed by atoms with Crippen LogP contribution >= 0.6 is 0 Å². The molecule has 2 rings (SSSR count). The van der Waals surface area contributed by atoms with E-state index in [-0.39, 0.29) is 5.97 Å². The van der Waals surface area contributed by atoms with Crippen LogP contribution in [0.2, 0.25) is 0 Å². The highest BCUT2D eigenvalue weighted by Gasteiger charge is 2.06. The van der Waals surface area contributed by atoms with Crippen molar-refractivity contribution in [2.75, 3.05) is 6.61 Å². The number of ether oxygens (including phenoxy) is 2. The lowest BCUT2D eigenvalue weighted by molar-refractivity contribution is 0.0500. The van der Waals surface area contributed by atoms with Crippen molar-refractivity contribution in [3.05, 3.63) is 60.2 Å². The number of rotatable bonds is 6. The van der Waals surface area contributed by atoms with Gasteiger partial charge in [0, 0.05) is 0 Å². The normalized spacial score (nSPS) is 10.1. The van der Waals surface area contributed by atoms with Gasteiger partial charge in [0.2, 0.25) is 0 Å². The van der Waals surface area contributed by atoms with Crippen molar-refractivity contribution in [3.8, 4) is 11.5 Å². The molecule has 104 valence electrons. The van der Waals surface area contributed by atoms with Gasteiger partial charge in [0.1, 0.15) is 11.5 Å². The van der Waals surface area contributed by atoms with E-state index in [1.165, 1.54) is 0 Å². The molecule has 0 aliphatic rings. The minimum atomic E-state index is -0.287. The molecule has 0 aromatic heterocycles. The summed E-state index contributed by atoms with van der Waals surface area (Å²) in [4.78, 5) is 11.7. The molecule has 2 aromatic carbocycles. The van der Waals surface area contributed by atoms with E-state index in [2.05, 4.69) is 6.92 Å².